The summed E-state index contributed by atoms with van der Waals surface area (Å²) in [6.45, 7) is 0.442. The van der Waals surface area contributed by atoms with Crippen LogP contribution in [0.1, 0.15) is 41.7 Å². The molecule has 0 aromatic carbocycles. The Morgan fingerprint density at radius 3 is 2.68 bits per heavy atom. The van der Waals surface area contributed by atoms with Gasteiger partial charge in [0.25, 0.3) is 5.91 Å². The van der Waals surface area contributed by atoms with E-state index in [-0.39, 0.29) is 5.69 Å². The number of hydrogen-bond donors (Lipinski definition) is 3. The molecular formula is C13H19N5O. The normalized spacial score (nSPS) is 16.5. The Bertz CT molecular complexity index is 462. The van der Waals surface area contributed by atoms with Crippen molar-refractivity contribution in [2.24, 2.45) is 16.5 Å². The van der Waals surface area contributed by atoms with E-state index in [4.69, 9.17) is 11.5 Å². The number of pyridine rings is 1. The lowest BCUT2D eigenvalue weighted by Gasteiger charge is -2.12. The molecule has 2 rings (SSSR count). The van der Waals surface area contributed by atoms with Gasteiger partial charge in [-0.3, -0.25) is 9.78 Å². The highest BCUT2D eigenvalue weighted by Crippen LogP contribution is 2.17. The molecule has 6 heteroatoms. The number of aromatic nitrogens is 1. The molecule has 1 heterocycles. The number of rotatable bonds is 4. The quantitative estimate of drug-likeness (QED) is 0.542. The highest BCUT2D eigenvalue weighted by molar-refractivity contribution is 5.90. The third kappa shape index (κ3) is 3.94. The number of hydrogen-bond acceptors (Lipinski definition) is 3. The summed E-state index contributed by atoms with van der Waals surface area (Å²) in [6, 6.07) is 3.83. The van der Waals surface area contributed by atoms with Gasteiger partial charge in [-0.15, -0.1) is 0 Å². The monoisotopic (exact) mass is 261 g/mol. The van der Waals surface area contributed by atoms with Crippen LogP contribution in [0.25, 0.3) is 0 Å². The second-order valence-electron chi connectivity index (χ2n) is 4.74. The molecule has 1 fully saturated rings. The van der Waals surface area contributed by atoms with Crippen LogP contribution in [0.5, 0.6) is 0 Å². The van der Waals surface area contributed by atoms with Crippen molar-refractivity contribution in [2.75, 3.05) is 0 Å². The number of guanidine groups is 1. The maximum absolute atomic E-state index is 10.9. The molecule has 19 heavy (non-hydrogen) atoms. The molecule has 0 atom stereocenters. The van der Waals surface area contributed by atoms with Gasteiger partial charge in [-0.2, -0.15) is 0 Å². The van der Waals surface area contributed by atoms with Gasteiger partial charge in [-0.1, -0.05) is 18.9 Å². The van der Waals surface area contributed by atoms with Gasteiger partial charge in [-0.25, -0.2) is 4.99 Å². The largest absolute Gasteiger partial charge is 0.370 e. The maximum atomic E-state index is 10.9. The summed E-state index contributed by atoms with van der Waals surface area (Å²) in [5, 5.41) is 3.21. The Morgan fingerprint density at radius 2 is 2.11 bits per heavy atom. The number of carbonyl (C=O) groups is 1. The Morgan fingerprint density at radius 1 is 1.37 bits per heavy atom. The fraction of sp³-hybridized carbons (Fsp3) is 0.462. The fourth-order valence-corrected chi connectivity index (χ4v) is 2.17. The number of primary amides is 1. The molecule has 1 aromatic heterocycles. The van der Waals surface area contributed by atoms with E-state index in [0.717, 1.165) is 18.4 Å². The summed E-state index contributed by atoms with van der Waals surface area (Å²) in [6.07, 6.45) is 6.41. The molecule has 1 saturated carbocycles. The highest BCUT2D eigenvalue weighted by atomic mass is 16.1. The Kier molecular flexibility index (Phi) is 4.33. The predicted molar refractivity (Wildman–Crippen MR) is 73.5 cm³/mol. The van der Waals surface area contributed by atoms with E-state index in [2.05, 4.69) is 15.3 Å². The summed E-state index contributed by atoms with van der Waals surface area (Å²) in [4.78, 5) is 19.1. The van der Waals surface area contributed by atoms with E-state index in [1.807, 2.05) is 0 Å². The molecule has 102 valence electrons. The number of nitrogens with two attached hydrogens (primary N) is 2. The summed E-state index contributed by atoms with van der Waals surface area (Å²) in [7, 11) is 0. The Labute approximate surface area is 112 Å². The molecule has 5 N–H and O–H groups in total. The maximum Gasteiger partial charge on any atom is 0.267 e. The van der Waals surface area contributed by atoms with Crippen molar-refractivity contribution in [1.29, 1.82) is 0 Å². The van der Waals surface area contributed by atoms with Crippen molar-refractivity contribution in [3.05, 3.63) is 29.6 Å². The van der Waals surface area contributed by atoms with Crippen molar-refractivity contribution in [3.63, 3.8) is 0 Å². The lowest BCUT2D eigenvalue weighted by Crippen LogP contribution is -2.38. The number of nitrogens with zero attached hydrogens (tertiary/aromatic N) is 2. The first-order chi connectivity index (χ1) is 9.15. The minimum absolute atomic E-state index is 0.254. The van der Waals surface area contributed by atoms with Gasteiger partial charge >= 0.3 is 0 Å². The highest BCUT2D eigenvalue weighted by Gasteiger charge is 2.14. The third-order valence-electron chi connectivity index (χ3n) is 3.22. The van der Waals surface area contributed by atoms with E-state index in [9.17, 15) is 4.79 Å². The van der Waals surface area contributed by atoms with Crippen molar-refractivity contribution < 1.29 is 4.79 Å². The van der Waals surface area contributed by atoms with Crippen LogP contribution in [0, 0.1) is 0 Å². The first kappa shape index (κ1) is 13.3. The number of carbonyl (C=O) groups excluding carboxylic acids is 1. The van der Waals surface area contributed by atoms with Crippen molar-refractivity contribution in [3.8, 4) is 0 Å². The zero-order chi connectivity index (χ0) is 13.7. The fourth-order valence-electron chi connectivity index (χ4n) is 2.17. The summed E-state index contributed by atoms with van der Waals surface area (Å²) < 4.78 is 0. The van der Waals surface area contributed by atoms with Crippen LogP contribution in [0.15, 0.2) is 23.3 Å². The van der Waals surface area contributed by atoms with Gasteiger partial charge in [0.2, 0.25) is 0 Å². The van der Waals surface area contributed by atoms with E-state index < -0.39 is 5.91 Å². The van der Waals surface area contributed by atoms with Crippen molar-refractivity contribution in [2.45, 2.75) is 38.3 Å². The molecule has 1 aliphatic rings. The van der Waals surface area contributed by atoms with Gasteiger partial charge in [0.05, 0.1) is 6.54 Å². The van der Waals surface area contributed by atoms with Gasteiger partial charge in [-0.05, 0) is 24.5 Å². The van der Waals surface area contributed by atoms with Gasteiger partial charge in [0.15, 0.2) is 5.96 Å². The lowest BCUT2D eigenvalue weighted by molar-refractivity contribution is 0.0995. The van der Waals surface area contributed by atoms with E-state index >= 15 is 0 Å². The van der Waals surface area contributed by atoms with Gasteiger partial charge in [0.1, 0.15) is 5.69 Å². The minimum atomic E-state index is -0.530. The number of nitrogens with one attached hydrogen (secondary N) is 1. The average molecular weight is 261 g/mol. The average Bonchev–Trinajstić information content (AvgIpc) is 2.89. The smallest absolute Gasteiger partial charge is 0.267 e. The molecule has 1 aliphatic carbocycles. The third-order valence-corrected chi connectivity index (χ3v) is 3.22. The molecule has 1 amide bonds. The molecule has 0 aliphatic heterocycles. The number of aliphatic imine (C=N–C) groups is 1. The van der Waals surface area contributed by atoms with Crippen LogP contribution in [0.2, 0.25) is 0 Å². The molecule has 0 bridgehead atoms. The molecule has 0 radical (unpaired) electrons. The molecule has 0 spiro atoms. The standard InChI is InChI=1S/C13H19N5O/c14-12(19)11-6-5-9(7-16-11)8-17-13(15)18-10-3-1-2-4-10/h5-7,10H,1-4,8H2,(H2,14,19)(H3,15,17,18). The van der Waals surface area contributed by atoms with Crippen LogP contribution < -0.4 is 16.8 Å². The molecule has 0 unspecified atom stereocenters. The molecular weight excluding hydrogens is 242 g/mol. The van der Waals surface area contributed by atoms with Crippen LogP contribution in [0.3, 0.4) is 0 Å². The Hall–Kier alpha value is -2.11. The van der Waals surface area contributed by atoms with Crippen LogP contribution >= 0.6 is 0 Å². The minimum Gasteiger partial charge on any atom is -0.370 e. The zero-order valence-corrected chi connectivity index (χ0v) is 10.8. The second kappa shape index (κ2) is 6.17. The summed E-state index contributed by atoms with van der Waals surface area (Å²) in [5.74, 6) is -0.0663. The van der Waals surface area contributed by atoms with E-state index in [0.29, 0.717) is 18.5 Å². The van der Waals surface area contributed by atoms with Crippen LogP contribution in [0.4, 0.5) is 0 Å². The van der Waals surface area contributed by atoms with E-state index in [1.54, 1.807) is 18.3 Å². The van der Waals surface area contributed by atoms with Crippen LogP contribution in [-0.4, -0.2) is 22.9 Å². The SMILES string of the molecule is NC(=O)c1ccc(CN=C(N)NC2CCCC2)cn1. The topological polar surface area (TPSA) is 106 Å². The van der Waals surface area contributed by atoms with Crippen molar-refractivity contribution >= 4 is 11.9 Å². The lowest BCUT2D eigenvalue weighted by atomic mass is 10.2. The zero-order valence-electron chi connectivity index (χ0n) is 10.8. The summed E-state index contributed by atoms with van der Waals surface area (Å²) >= 11 is 0. The second-order valence-corrected chi connectivity index (χ2v) is 4.74. The predicted octanol–water partition coefficient (Wildman–Crippen LogP) is 0.527. The molecule has 1 aromatic rings. The summed E-state index contributed by atoms with van der Waals surface area (Å²) in [5.41, 5.74) is 12.1. The van der Waals surface area contributed by atoms with Crippen LogP contribution in [-0.2, 0) is 6.54 Å². The number of amides is 1. The van der Waals surface area contributed by atoms with Gasteiger partial charge in [0, 0.05) is 12.2 Å². The first-order valence-corrected chi connectivity index (χ1v) is 6.46. The molecule has 0 saturated heterocycles. The first-order valence-electron chi connectivity index (χ1n) is 6.46. The van der Waals surface area contributed by atoms with Crippen molar-refractivity contribution in [1.82, 2.24) is 10.3 Å². The van der Waals surface area contributed by atoms with Gasteiger partial charge < -0.3 is 16.8 Å². The Balaban J connectivity index is 1.87. The van der Waals surface area contributed by atoms with E-state index in [1.165, 1.54) is 12.8 Å². The molecule has 6 nitrogen and oxygen atoms in total.